The lowest BCUT2D eigenvalue weighted by Gasteiger charge is -2.33. The second kappa shape index (κ2) is 13.6. The van der Waals surface area contributed by atoms with E-state index in [1.165, 1.54) is 67.1 Å². The van der Waals surface area contributed by atoms with Crippen molar-refractivity contribution in [2.45, 2.75) is 53.0 Å². The number of allylic oxidation sites excluding steroid dienone is 5. The fourth-order valence-electron chi connectivity index (χ4n) is 7.36. The van der Waals surface area contributed by atoms with Gasteiger partial charge in [0.15, 0.2) is 11.0 Å². The van der Waals surface area contributed by atoms with Crippen LogP contribution in [0, 0.1) is 6.92 Å². The number of para-hydroxylation sites is 3. The van der Waals surface area contributed by atoms with Crippen LogP contribution >= 0.6 is 0 Å². The van der Waals surface area contributed by atoms with E-state index in [0.717, 1.165) is 24.9 Å². The van der Waals surface area contributed by atoms with Crippen LogP contribution in [0.25, 0.3) is 45.0 Å². The Kier molecular flexibility index (Phi) is 8.97. The molecule has 7 rings (SSSR count). The molecular formula is C45H47N4+. The molecule has 246 valence electrons. The third kappa shape index (κ3) is 5.97. The summed E-state index contributed by atoms with van der Waals surface area (Å²) in [5.41, 5.74) is 12.4. The minimum Gasteiger partial charge on any atom is -0.348 e. The smallest absolute Gasteiger partial charge is 0.294 e. The van der Waals surface area contributed by atoms with Crippen LogP contribution < -0.4 is 14.4 Å². The van der Waals surface area contributed by atoms with E-state index in [1.54, 1.807) is 0 Å². The van der Waals surface area contributed by atoms with E-state index in [4.69, 9.17) is 0 Å². The summed E-state index contributed by atoms with van der Waals surface area (Å²) < 4.78 is 4.77. The largest absolute Gasteiger partial charge is 0.348 e. The van der Waals surface area contributed by atoms with Crippen LogP contribution in [0.1, 0.15) is 51.2 Å². The van der Waals surface area contributed by atoms with Crippen LogP contribution in [0.4, 0.5) is 17.1 Å². The third-order valence-electron chi connectivity index (χ3n) is 10.3. The minimum atomic E-state index is 0.363. The van der Waals surface area contributed by atoms with E-state index >= 15 is 0 Å². The van der Waals surface area contributed by atoms with Crippen LogP contribution in [0.3, 0.4) is 0 Å². The quantitative estimate of drug-likeness (QED) is 0.146. The summed E-state index contributed by atoms with van der Waals surface area (Å²) in [5.74, 6) is 1.20. The number of fused-ring (bicyclic) bond motifs is 2. The Bertz CT molecular complexity index is 2220. The molecule has 4 heteroatoms. The molecule has 1 aliphatic carbocycles. The van der Waals surface area contributed by atoms with Crippen molar-refractivity contribution in [2.24, 2.45) is 7.05 Å². The number of hydrogen-bond acceptors (Lipinski definition) is 2. The Morgan fingerprint density at radius 1 is 0.878 bits per heavy atom. The highest BCUT2D eigenvalue weighted by molar-refractivity contribution is 6.02. The van der Waals surface area contributed by atoms with Gasteiger partial charge in [0.25, 0.3) is 5.82 Å². The topological polar surface area (TPSA) is 15.3 Å². The first-order valence-corrected chi connectivity index (χ1v) is 17.6. The first-order valence-electron chi connectivity index (χ1n) is 17.6. The van der Waals surface area contributed by atoms with E-state index in [-0.39, 0.29) is 0 Å². The summed E-state index contributed by atoms with van der Waals surface area (Å²) >= 11 is 0. The molecule has 0 radical (unpaired) electrons. The number of anilines is 3. The van der Waals surface area contributed by atoms with Crippen LogP contribution in [0.2, 0.25) is 0 Å². The zero-order valence-corrected chi connectivity index (χ0v) is 29.7. The zero-order valence-electron chi connectivity index (χ0n) is 29.7. The van der Waals surface area contributed by atoms with Gasteiger partial charge in [-0.15, -0.1) is 0 Å². The van der Waals surface area contributed by atoms with Gasteiger partial charge in [0.2, 0.25) is 0 Å². The van der Waals surface area contributed by atoms with Gasteiger partial charge in [-0.05, 0) is 117 Å². The van der Waals surface area contributed by atoms with Crippen LogP contribution in [-0.2, 0) is 7.05 Å². The Morgan fingerprint density at radius 3 is 2.29 bits per heavy atom. The van der Waals surface area contributed by atoms with E-state index in [0.29, 0.717) is 6.04 Å². The number of hydrogen-bond donors (Lipinski definition) is 0. The van der Waals surface area contributed by atoms with E-state index < -0.39 is 0 Å². The van der Waals surface area contributed by atoms with Crippen molar-refractivity contribution >= 4 is 50.6 Å². The highest BCUT2D eigenvalue weighted by atomic mass is 15.2. The second-order valence-corrected chi connectivity index (χ2v) is 13.4. The van der Waals surface area contributed by atoms with Crippen molar-refractivity contribution in [3.8, 4) is 11.4 Å². The molecule has 49 heavy (non-hydrogen) atoms. The molecule has 0 fully saturated rings. The van der Waals surface area contributed by atoms with Crippen molar-refractivity contribution < 1.29 is 4.57 Å². The molecule has 0 saturated heterocycles. The van der Waals surface area contributed by atoms with Crippen molar-refractivity contribution in [3.63, 3.8) is 0 Å². The average Bonchev–Trinajstić information content (AvgIpc) is 3.45. The van der Waals surface area contributed by atoms with Gasteiger partial charge in [0.05, 0.1) is 12.6 Å². The average molecular weight is 644 g/mol. The maximum atomic E-state index is 2.50. The van der Waals surface area contributed by atoms with Gasteiger partial charge < -0.3 is 9.80 Å². The van der Waals surface area contributed by atoms with Gasteiger partial charge in [0.1, 0.15) is 5.70 Å². The molecule has 1 atom stereocenters. The van der Waals surface area contributed by atoms with Crippen molar-refractivity contribution in [1.82, 2.24) is 4.57 Å². The highest BCUT2D eigenvalue weighted by Crippen LogP contribution is 2.39. The second-order valence-electron chi connectivity index (χ2n) is 13.4. The van der Waals surface area contributed by atoms with Gasteiger partial charge in [0, 0.05) is 47.7 Å². The van der Waals surface area contributed by atoms with E-state index in [9.17, 15) is 0 Å². The van der Waals surface area contributed by atoms with Gasteiger partial charge in [-0.3, -0.25) is 0 Å². The molecule has 0 spiro atoms. The van der Waals surface area contributed by atoms with Gasteiger partial charge in [-0.1, -0.05) is 73.7 Å². The summed E-state index contributed by atoms with van der Waals surface area (Å²) in [7, 11) is 4.35. The van der Waals surface area contributed by atoms with E-state index in [1.807, 2.05) is 0 Å². The first-order chi connectivity index (χ1) is 23.9. The summed E-state index contributed by atoms with van der Waals surface area (Å²) in [6.07, 6.45) is 12.2. The number of rotatable bonds is 9. The summed E-state index contributed by atoms with van der Waals surface area (Å²) in [5, 5.41) is 2.55. The van der Waals surface area contributed by atoms with Crippen LogP contribution in [0.15, 0.2) is 133 Å². The van der Waals surface area contributed by atoms with E-state index in [2.05, 4.69) is 194 Å². The summed E-state index contributed by atoms with van der Waals surface area (Å²) in [6.45, 7) is 9.05. The molecule has 0 amide bonds. The van der Waals surface area contributed by atoms with Crippen molar-refractivity contribution in [1.29, 1.82) is 0 Å². The molecule has 0 aliphatic heterocycles. The molecule has 1 aromatic heterocycles. The molecular weight excluding hydrogens is 597 g/mol. The lowest BCUT2D eigenvalue weighted by atomic mass is 9.95. The molecule has 0 saturated carbocycles. The van der Waals surface area contributed by atoms with Gasteiger partial charge in [-0.2, -0.15) is 4.57 Å². The summed E-state index contributed by atoms with van der Waals surface area (Å²) in [4.78, 5) is 4.80. The maximum absolute atomic E-state index is 2.50. The van der Waals surface area contributed by atoms with Crippen LogP contribution in [-0.4, -0.2) is 17.7 Å². The van der Waals surface area contributed by atoms with Gasteiger partial charge >= 0.3 is 0 Å². The van der Waals surface area contributed by atoms with Crippen molar-refractivity contribution in [3.05, 3.63) is 144 Å². The molecule has 6 aromatic rings. The predicted molar refractivity (Wildman–Crippen MR) is 210 cm³/mol. The molecule has 0 bridgehead atoms. The third-order valence-corrected chi connectivity index (χ3v) is 10.3. The molecule has 5 aromatic carbocycles. The Hall–Kier alpha value is -5.35. The highest BCUT2D eigenvalue weighted by Gasteiger charge is 2.27. The Morgan fingerprint density at radius 2 is 1.57 bits per heavy atom. The first kappa shape index (κ1) is 32.2. The monoisotopic (exact) mass is 643 g/mol. The number of aromatic nitrogens is 2. The maximum Gasteiger partial charge on any atom is 0.294 e. The predicted octanol–water partition coefficient (Wildman–Crippen LogP) is 11.2. The van der Waals surface area contributed by atoms with Crippen molar-refractivity contribution in [2.75, 3.05) is 16.8 Å². The number of aryl methyl sites for hydroxylation is 2. The lowest BCUT2D eigenvalue weighted by molar-refractivity contribution is -0.633. The number of nitrogens with zero attached hydrogens (tertiary/aromatic N) is 4. The molecule has 1 aliphatic rings. The standard InChI is InChI=1S/C45H47N4/c1-7-33(3)48(37-18-10-8-11-19-37)44-30-32(2)41(39-22-14-15-23-40(39)44)31-34(4)46(5)36-28-26-35(27-29-36)45-47(6)42-24-16-17-25-43(42)49(45)38-20-12-9-13-21-38/h8-12,14-20,22-31,33H,7,13,21H2,1-6H3/q+1. The lowest BCUT2D eigenvalue weighted by Crippen LogP contribution is -2.30. The SMILES string of the molecule is CCC(C)N(c1ccccc1)c1cc(C)c(C=C(C)N(C)c2ccc(-c3n(C4=CC=CCC4)c4ccccc4[n+]3C)cc2)c2ccccc12. The van der Waals surface area contributed by atoms with Gasteiger partial charge in [-0.25, -0.2) is 4.57 Å². The molecule has 4 nitrogen and oxygen atoms in total. The molecule has 1 heterocycles. The normalized spacial score (nSPS) is 13.9. The zero-order chi connectivity index (χ0) is 34.1. The Balaban J connectivity index is 1.25. The Labute approximate surface area is 291 Å². The minimum absolute atomic E-state index is 0.363. The fourth-order valence-corrected chi connectivity index (χ4v) is 7.36. The number of imidazole rings is 1. The summed E-state index contributed by atoms with van der Waals surface area (Å²) in [6, 6.07) is 40.2. The number of benzene rings is 5. The fraction of sp³-hybridized carbons (Fsp3) is 0.222. The molecule has 1 unspecified atom stereocenters. The molecule has 0 N–H and O–H groups in total. The van der Waals surface area contributed by atoms with Crippen LogP contribution in [0.5, 0.6) is 0 Å².